The lowest BCUT2D eigenvalue weighted by atomic mass is 10.3. The van der Waals surface area contributed by atoms with Gasteiger partial charge in [-0.25, -0.2) is 4.98 Å². The fourth-order valence-corrected chi connectivity index (χ4v) is 3.97. The lowest BCUT2D eigenvalue weighted by Gasteiger charge is -2.25. The number of benzene rings is 2. The molecular weight excluding hydrogens is 396 g/mol. The normalized spacial score (nSPS) is 14.0. The summed E-state index contributed by atoms with van der Waals surface area (Å²) in [5.74, 6) is -0.0869. The van der Waals surface area contributed by atoms with Gasteiger partial charge >= 0.3 is 0 Å². The number of aromatic nitrogens is 1. The monoisotopic (exact) mass is 414 g/mol. The third kappa shape index (κ3) is 4.61. The summed E-state index contributed by atoms with van der Waals surface area (Å²) >= 11 is 1.57. The molecule has 10 heteroatoms. The molecule has 0 bridgehead atoms. The van der Waals surface area contributed by atoms with Crippen LogP contribution in [0, 0.1) is 10.1 Å². The maximum absolute atomic E-state index is 12.2. The van der Waals surface area contributed by atoms with Gasteiger partial charge in [0.05, 0.1) is 34.4 Å². The highest BCUT2D eigenvalue weighted by atomic mass is 32.1. The van der Waals surface area contributed by atoms with Crippen LogP contribution in [-0.2, 0) is 9.53 Å². The van der Waals surface area contributed by atoms with Crippen LogP contribution in [-0.4, -0.2) is 48.7 Å². The summed E-state index contributed by atoms with van der Waals surface area (Å²) in [5.41, 5.74) is 1.43. The largest absolute Gasteiger partial charge is 0.484 e. The molecule has 2 aromatic carbocycles. The van der Waals surface area contributed by atoms with E-state index in [0.29, 0.717) is 18.9 Å². The second kappa shape index (κ2) is 8.41. The van der Waals surface area contributed by atoms with Crippen LogP contribution in [0.5, 0.6) is 5.75 Å². The van der Waals surface area contributed by atoms with Gasteiger partial charge in [-0.2, -0.15) is 0 Å². The molecular formula is C19H18N4O5S. The van der Waals surface area contributed by atoms with Gasteiger partial charge in [0, 0.05) is 24.8 Å². The fourth-order valence-electron chi connectivity index (χ4n) is 2.91. The minimum Gasteiger partial charge on any atom is -0.484 e. The van der Waals surface area contributed by atoms with Crippen LogP contribution >= 0.6 is 11.3 Å². The van der Waals surface area contributed by atoms with E-state index >= 15 is 0 Å². The molecule has 1 aromatic heterocycles. The lowest BCUT2D eigenvalue weighted by Crippen LogP contribution is -2.36. The summed E-state index contributed by atoms with van der Waals surface area (Å²) < 4.78 is 11.7. The van der Waals surface area contributed by atoms with Crippen LogP contribution in [0.25, 0.3) is 10.2 Å². The summed E-state index contributed by atoms with van der Waals surface area (Å²) in [5, 5.41) is 14.5. The molecule has 0 radical (unpaired) electrons. The van der Waals surface area contributed by atoms with Gasteiger partial charge in [-0.3, -0.25) is 14.9 Å². The van der Waals surface area contributed by atoms with Crippen molar-refractivity contribution >= 4 is 44.0 Å². The van der Waals surface area contributed by atoms with E-state index in [4.69, 9.17) is 9.47 Å². The first-order valence-electron chi connectivity index (χ1n) is 8.99. The number of non-ortho nitro benzene ring substituents is 1. The van der Waals surface area contributed by atoms with Crippen molar-refractivity contribution in [3.63, 3.8) is 0 Å². The van der Waals surface area contributed by atoms with Crippen LogP contribution in [0.3, 0.4) is 0 Å². The van der Waals surface area contributed by atoms with Gasteiger partial charge in [-0.1, -0.05) is 17.4 Å². The van der Waals surface area contributed by atoms with Crippen molar-refractivity contribution in [1.29, 1.82) is 0 Å². The average molecular weight is 414 g/mol. The number of thiazole rings is 1. The van der Waals surface area contributed by atoms with Gasteiger partial charge in [0.1, 0.15) is 5.75 Å². The number of rotatable bonds is 6. The van der Waals surface area contributed by atoms with Gasteiger partial charge in [0.2, 0.25) is 0 Å². The molecule has 0 unspecified atom stereocenters. The smallest absolute Gasteiger partial charge is 0.273 e. The Morgan fingerprint density at radius 1 is 1.28 bits per heavy atom. The van der Waals surface area contributed by atoms with Crippen molar-refractivity contribution in [1.82, 2.24) is 4.98 Å². The summed E-state index contributed by atoms with van der Waals surface area (Å²) in [6, 6.07) is 11.3. The summed E-state index contributed by atoms with van der Waals surface area (Å²) in [6.07, 6.45) is 0. The number of ether oxygens (including phenoxy) is 2. The number of carbonyl (C=O) groups excluding carboxylic acids is 1. The van der Waals surface area contributed by atoms with Gasteiger partial charge < -0.3 is 19.7 Å². The van der Waals surface area contributed by atoms with E-state index in [-0.39, 0.29) is 24.0 Å². The zero-order valence-electron chi connectivity index (χ0n) is 15.4. The highest BCUT2D eigenvalue weighted by Crippen LogP contribution is 2.31. The molecule has 3 aromatic rings. The van der Waals surface area contributed by atoms with E-state index < -0.39 is 4.92 Å². The number of hydrogen-bond donors (Lipinski definition) is 1. The first kappa shape index (κ1) is 19.1. The fraction of sp³-hybridized carbons (Fsp3) is 0.263. The Bertz CT molecular complexity index is 1050. The summed E-state index contributed by atoms with van der Waals surface area (Å²) in [7, 11) is 0. The topological polar surface area (TPSA) is 107 Å². The number of nitrogens with zero attached hydrogens (tertiary/aromatic N) is 3. The molecule has 1 fully saturated rings. The molecule has 1 N–H and O–H groups in total. The van der Waals surface area contributed by atoms with Crippen molar-refractivity contribution in [2.24, 2.45) is 0 Å². The van der Waals surface area contributed by atoms with Crippen molar-refractivity contribution in [2.45, 2.75) is 0 Å². The minimum absolute atomic E-state index is 0.0883. The van der Waals surface area contributed by atoms with Crippen LogP contribution in [0.4, 0.5) is 16.5 Å². The van der Waals surface area contributed by atoms with Crippen molar-refractivity contribution < 1.29 is 19.2 Å². The van der Waals surface area contributed by atoms with Crippen molar-refractivity contribution in [3.05, 3.63) is 52.6 Å². The van der Waals surface area contributed by atoms with Crippen molar-refractivity contribution in [3.8, 4) is 5.75 Å². The Morgan fingerprint density at radius 2 is 2.10 bits per heavy atom. The average Bonchev–Trinajstić information content (AvgIpc) is 3.16. The quantitative estimate of drug-likeness (QED) is 0.488. The molecule has 2 heterocycles. The summed E-state index contributed by atoms with van der Waals surface area (Å²) in [6.45, 7) is 2.78. The number of anilines is 2. The molecule has 0 spiro atoms. The molecule has 1 aliphatic rings. The molecule has 0 atom stereocenters. The molecule has 1 amide bonds. The van der Waals surface area contributed by atoms with Gasteiger partial charge in [0.15, 0.2) is 11.7 Å². The van der Waals surface area contributed by atoms with Crippen LogP contribution in [0.2, 0.25) is 0 Å². The number of nitro benzene ring substituents is 1. The van der Waals surface area contributed by atoms with E-state index in [1.165, 1.54) is 18.2 Å². The lowest BCUT2D eigenvalue weighted by molar-refractivity contribution is -0.384. The first-order chi connectivity index (χ1) is 14.1. The van der Waals surface area contributed by atoms with Crippen LogP contribution < -0.4 is 15.0 Å². The molecule has 1 aliphatic heterocycles. The molecule has 4 rings (SSSR count). The third-order valence-electron chi connectivity index (χ3n) is 4.34. The number of morpholine rings is 1. The Kier molecular flexibility index (Phi) is 5.54. The predicted molar refractivity (Wildman–Crippen MR) is 110 cm³/mol. The molecule has 29 heavy (non-hydrogen) atoms. The number of amides is 1. The van der Waals surface area contributed by atoms with E-state index in [1.807, 2.05) is 12.1 Å². The van der Waals surface area contributed by atoms with Crippen molar-refractivity contribution in [2.75, 3.05) is 43.1 Å². The maximum atomic E-state index is 12.2. The molecule has 150 valence electrons. The Balaban J connectivity index is 1.38. The van der Waals surface area contributed by atoms with Gasteiger partial charge in [-0.15, -0.1) is 0 Å². The number of fused-ring (bicyclic) bond motifs is 1. The maximum Gasteiger partial charge on any atom is 0.273 e. The second-order valence-electron chi connectivity index (χ2n) is 6.37. The zero-order valence-corrected chi connectivity index (χ0v) is 16.2. The van der Waals surface area contributed by atoms with E-state index in [0.717, 1.165) is 28.4 Å². The van der Waals surface area contributed by atoms with Crippen LogP contribution in [0.1, 0.15) is 0 Å². The predicted octanol–water partition coefficient (Wildman–Crippen LogP) is 3.06. The number of carbonyl (C=O) groups is 1. The number of nitro groups is 1. The highest BCUT2D eigenvalue weighted by Gasteiger charge is 2.16. The second-order valence-corrected chi connectivity index (χ2v) is 7.38. The van der Waals surface area contributed by atoms with E-state index in [1.54, 1.807) is 23.5 Å². The van der Waals surface area contributed by atoms with Gasteiger partial charge in [-0.05, 0) is 24.3 Å². The third-order valence-corrected chi connectivity index (χ3v) is 5.42. The highest BCUT2D eigenvalue weighted by molar-refractivity contribution is 7.22. The Labute approximate surface area is 170 Å². The minimum atomic E-state index is -0.512. The molecule has 1 saturated heterocycles. The van der Waals surface area contributed by atoms with Gasteiger partial charge in [0.25, 0.3) is 11.6 Å². The first-order valence-corrected chi connectivity index (χ1v) is 9.80. The van der Waals surface area contributed by atoms with Crippen LogP contribution in [0.15, 0.2) is 42.5 Å². The molecule has 0 saturated carbocycles. The Hall–Kier alpha value is -3.24. The van der Waals surface area contributed by atoms with E-state index in [2.05, 4.69) is 15.2 Å². The summed E-state index contributed by atoms with van der Waals surface area (Å²) in [4.78, 5) is 29.3. The molecule has 0 aliphatic carbocycles. The molecule has 9 nitrogen and oxygen atoms in total. The number of hydrogen-bond acceptors (Lipinski definition) is 8. The SMILES string of the molecule is O=C(COc1cccc([N+](=O)[O-])c1)Nc1ccc2nc(N3CCOCC3)sc2c1. The zero-order chi connectivity index (χ0) is 20.2. The Morgan fingerprint density at radius 3 is 2.90 bits per heavy atom. The number of nitrogens with one attached hydrogen (secondary N) is 1. The van der Waals surface area contributed by atoms with E-state index in [9.17, 15) is 14.9 Å². The standard InChI is InChI=1S/C19H18N4O5S/c24-18(12-28-15-3-1-2-14(11-15)23(25)26)20-13-4-5-16-17(10-13)29-19(21-16)22-6-8-27-9-7-22/h1-5,10-11H,6-9,12H2,(H,20,24).